The molecule has 1 saturated heterocycles. The first-order valence-corrected chi connectivity index (χ1v) is 9.45. The molecule has 2 aromatic carbocycles. The summed E-state index contributed by atoms with van der Waals surface area (Å²) in [5.74, 6) is -0.738. The second-order valence-corrected chi connectivity index (χ2v) is 7.38. The Morgan fingerprint density at radius 2 is 1.96 bits per heavy atom. The van der Waals surface area contributed by atoms with Crippen LogP contribution in [0.5, 0.6) is 0 Å². The number of nitrogens with zero attached hydrogens (tertiary/aromatic N) is 1. The normalized spacial score (nSPS) is 16.0. The first-order valence-electron chi connectivity index (χ1n) is 8.28. The van der Waals surface area contributed by atoms with Crippen LogP contribution in [0.25, 0.3) is 0 Å². The van der Waals surface area contributed by atoms with Crippen LogP contribution >= 0.6 is 27.5 Å². The quantitative estimate of drug-likeness (QED) is 0.746. The van der Waals surface area contributed by atoms with Gasteiger partial charge in [0.15, 0.2) is 0 Å². The lowest BCUT2D eigenvalue weighted by Gasteiger charge is -2.29. The second-order valence-electron chi connectivity index (χ2n) is 6.11. The maximum Gasteiger partial charge on any atom is 0.252 e. The van der Waals surface area contributed by atoms with Crippen molar-refractivity contribution in [3.63, 3.8) is 0 Å². The molecular formula is C19H19BrClFN2O. The number of amides is 1. The molecule has 2 aromatic rings. The van der Waals surface area contributed by atoms with Crippen molar-refractivity contribution in [2.75, 3.05) is 19.6 Å². The molecule has 3 rings (SSSR count). The van der Waals surface area contributed by atoms with E-state index in [0.29, 0.717) is 21.6 Å². The molecule has 1 fully saturated rings. The summed E-state index contributed by atoms with van der Waals surface area (Å²) in [5, 5.41) is 3.63. The monoisotopic (exact) mass is 424 g/mol. The van der Waals surface area contributed by atoms with Crippen molar-refractivity contribution < 1.29 is 9.18 Å². The molecule has 3 nitrogen and oxygen atoms in total. The molecular weight excluding hydrogens is 407 g/mol. The van der Waals surface area contributed by atoms with Gasteiger partial charge in [-0.3, -0.25) is 9.69 Å². The number of hydrogen-bond donors (Lipinski definition) is 1. The summed E-state index contributed by atoms with van der Waals surface area (Å²) in [7, 11) is 0. The summed E-state index contributed by atoms with van der Waals surface area (Å²) < 4.78 is 14.0. The van der Waals surface area contributed by atoms with Crippen LogP contribution in [-0.4, -0.2) is 30.4 Å². The fourth-order valence-electron chi connectivity index (χ4n) is 3.19. The molecule has 0 aliphatic carbocycles. The average Bonchev–Trinajstić information content (AvgIpc) is 3.13. The molecule has 0 unspecified atom stereocenters. The highest BCUT2D eigenvalue weighted by Gasteiger charge is 2.26. The predicted octanol–water partition coefficient (Wildman–Crippen LogP) is 4.81. The Hall–Kier alpha value is -1.43. The van der Waals surface area contributed by atoms with Gasteiger partial charge in [-0.2, -0.15) is 0 Å². The number of benzene rings is 2. The van der Waals surface area contributed by atoms with E-state index in [1.54, 1.807) is 0 Å². The number of rotatable bonds is 5. The molecule has 0 bridgehead atoms. The maximum absolute atomic E-state index is 13.4. The van der Waals surface area contributed by atoms with Gasteiger partial charge in [-0.1, -0.05) is 29.8 Å². The zero-order valence-electron chi connectivity index (χ0n) is 13.6. The summed E-state index contributed by atoms with van der Waals surface area (Å²) in [5.41, 5.74) is 1.30. The molecule has 132 valence electrons. The van der Waals surface area contributed by atoms with E-state index in [1.165, 1.54) is 18.2 Å². The molecule has 1 N–H and O–H groups in total. The van der Waals surface area contributed by atoms with Crippen LogP contribution in [0.3, 0.4) is 0 Å². The molecule has 1 amide bonds. The molecule has 0 saturated carbocycles. The lowest BCUT2D eigenvalue weighted by atomic mass is 10.0. The molecule has 1 heterocycles. The lowest BCUT2D eigenvalue weighted by molar-refractivity contribution is 0.0936. The molecule has 1 aliphatic heterocycles. The SMILES string of the molecule is O=C(NC[C@H](c1ccccc1Cl)N1CCCC1)c1cc(F)ccc1Br. The maximum atomic E-state index is 13.4. The van der Waals surface area contributed by atoms with Crippen LogP contribution in [0.1, 0.15) is 34.8 Å². The van der Waals surface area contributed by atoms with E-state index in [-0.39, 0.29) is 11.9 Å². The van der Waals surface area contributed by atoms with Gasteiger partial charge in [-0.15, -0.1) is 0 Å². The van der Waals surface area contributed by atoms with Gasteiger partial charge in [-0.05, 0) is 71.7 Å². The van der Waals surface area contributed by atoms with Crippen LogP contribution in [0, 0.1) is 5.82 Å². The Morgan fingerprint density at radius 1 is 1.24 bits per heavy atom. The fraction of sp³-hybridized carbons (Fsp3) is 0.316. The molecule has 1 aliphatic rings. The Balaban J connectivity index is 1.78. The van der Waals surface area contributed by atoms with Gasteiger partial charge in [0.1, 0.15) is 5.82 Å². The van der Waals surface area contributed by atoms with Gasteiger partial charge in [-0.25, -0.2) is 4.39 Å². The molecule has 6 heteroatoms. The van der Waals surface area contributed by atoms with E-state index in [1.807, 2.05) is 24.3 Å². The van der Waals surface area contributed by atoms with Crippen molar-refractivity contribution in [3.8, 4) is 0 Å². The van der Waals surface area contributed by atoms with E-state index >= 15 is 0 Å². The van der Waals surface area contributed by atoms with Crippen molar-refractivity contribution in [1.29, 1.82) is 0 Å². The Bertz CT molecular complexity index is 765. The summed E-state index contributed by atoms with van der Waals surface area (Å²) in [6.45, 7) is 2.39. The van der Waals surface area contributed by atoms with E-state index in [2.05, 4.69) is 26.1 Å². The first-order chi connectivity index (χ1) is 12.1. The zero-order valence-corrected chi connectivity index (χ0v) is 16.0. The van der Waals surface area contributed by atoms with Crippen LogP contribution < -0.4 is 5.32 Å². The highest BCUT2D eigenvalue weighted by molar-refractivity contribution is 9.10. The van der Waals surface area contributed by atoms with E-state index in [9.17, 15) is 9.18 Å². The minimum atomic E-state index is -0.435. The van der Waals surface area contributed by atoms with Crippen LogP contribution in [0.2, 0.25) is 5.02 Å². The Morgan fingerprint density at radius 3 is 2.68 bits per heavy atom. The molecule has 0 radical (unpaired) electrons. The average molecular weight is 426 g/mol. The second kappa shape index (κ2) is 8.30. The minimum absolute atomic E-state index is 0.00693. The highest BCUT2D eigenvalue weighted by atomic mass is 79.9. The molecule has 25 heavy (non-hydrogen) atoms. The number of hydrogen-bond acceptors (Lipinski definition) is 2. The Kier molecular flexibility index (Phi) is 6.10. The van der Waals surface area contributed by atoms with Crippen LogP contribution in [0.4, 0.5) is 4.39 Å². The largest absolute Gasteiger partial charge is 0.350 e. The predicted molar refractivity (Wildman–Crippen MR) is 101 cm³/mol. The topological polar surface area (TPSA) is 32.3 Å². The lowest BCUT2D eigenvalue weighted by Crippen LogP contribution is -2.37. The highest BCUT2D eigenvalue weighted by Crippen LogP contribution is 2.30. The number of carbonyl (C=O) groups excluding carboxylic acids is 1. The number of carbonyl (C=O) groups is 1. The van der Waals surface area contributed by atoms with Crippen molar-refractivity contribution in [2.45, 2.75) is 18.9 Å². The molecule has 1 atom stereocenters. The summed E-state index contributed by atoms with van der Waals surface area (Å²) >= 11 is 9.68. The summed E-state index contributed by atoms with van der Waals surface area (Å²) in [4.78, 5) is 14.8. The van der Waals surface area contributed by atoms with E-state index < -0.39 is 5.82 Å². The van der Waals surface area contributed by atoms with Gasteiger partial charge < -0.3 is 5.32 Å². The summed E-state index contributed by atoms with van der Waals surface area (Å²) in [6, 6.07) is 11.8. The third-order valence-corrected chi connectivity index (χ3v) is 5.51. The van der Waals surface area contributed by atoms with Crippen molar-refractivity contribution in [1.82, 2.24) is 10.2 Å². The van der Waals surface area contributed by atoms with Gasteiger partial charge in [0.2, 0.25) is 0 Å². The van der Waals surface area contributed by atoms with Gasteiger partial charge in [0.05, 0.1) is 11.6 Å². The fourth-order valence-corrected chi connectivity index (χ4v) is 3.88. The standard InChI is InChI=1S/C19H19BrClFN2O/c20-16-8-7-13(22)11-15(16)19(25)23-12-18(24-9-3-4-10-24)14-5-1-2-6-17(14)21/h1-2,5-8,11,18H,3-4,9-10,12H2,(H,23,25)/t18-/m1/s1. The zero-order chi connectivity index (χ0) is 17.8. The minimum Gasteiger partial charge on any atom is -0.350 e. The number of halogens is 3. The van der Waals surface area contributed by atoms with E-state index in [0.717, 1.165) is 31.5 Å². The number of nitrogens with one attached hydrogen (secondary N) is 1. The van der Waals surface area contributed by atoms with Crippen molar-refractivity contribution in [2.24, 2.45) is 0 Å². The van der Waals surface area contributed by atoms with Gasteiger partial charge in [0, 0.05) is 16.0 Å². The third kappa shape index (κ3) is 4.40. The number of likely N-dealkylation sites (tertiary alicyclic amines) is 1. The third-order valence-electron chi connectivity index (χ3n) is 4.47. The Labute approximate surface area is 160 Å². The van der Waals surface area contributed by atoms with Crippen LogP contribution in [-0.2, 0) is 0 Å². The summed E-state index contributed by atoms with van der Waals surface area (Å²) in [6.07, 6.45) is 2.29. The molecule has 0 aromatic heterocycles. The van der Waals surface area contributed by atoms with E-state index in [4.69, 9.17) is 11.6 Å². The molecule has 0 spiro atoms. The van der Waals surface area contributed by atoms with Crippen molar-refractivity contribution in [3.05, 3.63) is 68.9 Å². The van der Waals surface area contributed by atoms with Gasteiger partial charge >= 0.3 is 0 Å². The first kappa shape index (κ1) is 18.4. The van der Waals surface area contributed by atoms with Gasteiger partial charge in [0.25, 0.3) is 5.91 Å². The van der Waals surface area contributed by atoms with Crippen molar-refractivity contribution >= 4 is 33.4 Å². The van der Waals surface area contributed by atoms with Crippen LogP contribution in [0.15, 0.2) is 46.9 Å². The smallest absolute Gasteiger partial charge is 0.252 e.